The van der Waals surface area contributed by atoms with Gasteiger partial charge in [0.1, 0.15) is 5.75 Å². The van der Waals surface area contributed by atoms with Crippen molar-refractivity contribution < 1.29 is 14.3 Å². The highest BCUT2D eigenvalue weighted by molar-refractivity contribution is 5.77. The van der Waals surface area contributed by atoms with Gasteiger partial charge in [-0.05, 0) is 13.1 Å². The topological polar surface area (TPSA) is 62.8 Å². The Kier molecular flexibility index (Phi) is 6.64. The average molecular weight is 307 g/mol. The minimum Gasteiger partial charge on any atom is -0.483 e. The number of likely N-dealkylation sites (N-methyl/N-ethyl adjacent to an activating group) is 2. The van der Waals surface area contributed by atoms with E-state index in [2.05, 4.69) is 22.6 Å². The van der Waals surface area contributed by atoms with E-state index in [1.165, 1.54) is 0 Å². The summed E-state index contributed by atoms with van der Waals surface area (Å²) in [5.41, 5.74) is 1.04. The molecule has 1 aromatic rings. The van der Waals surface area contributed by atoms with Crippen LogP contribution in [0.5, 0.6) is 5.75 Å². The highest BCUT2D eigenvalue weighted by Crippen LogP contribution is 2.17. The zero-order chi connectivity index (χ0) is 15.8. The Morgan fingerprint density at radius 1 is 1.45 bits per heavy atom. The van der Waals surface area contributed by atoms with Gasteiger partial charge in [0.25, 0.3) is 5.91 Å². The molecule has 0 bridgehead atoms. The number of morpholine rings is 1. The van der Waals surface area contributed by atoms with Crippen LogP contribution in [-0.4, -0.2) is 63.9 Å². The number of carbonyl (C=O) groups is 1. The van der Waals surface area contributed by atoms with Crippen molar-refractivity contribution in [2.45, 2.75) is 12.6 Å². The Balaban J connectivity index is 1.80. The monoisotopic (exact) mass is 307 g/mol. The number of amides is 1. The first-order valence-corrected chi connectivity index (χ1v) is 7.61. The van der Waals surface area contributed by atoms with Crippen molar-refractivity contribution in [2.24, 2.45) is 0 Å². The van der Waals surface area contributed by atoms with Crippen LogP contribution in [0, 0.1) is 0 Å². The summed E-state index contributed by atoms with van der Waals surface area (Å²) in [4.78, 5) is 13.5. The fourth-order valence-corrected chi connectivity index (χ4v) is 2.36. The van der Waals surface area contributed by atoms with Gasteiger partial charge in [-0.3, -0.25) is 4.79 Å². The zero-order valence-electron chi connectivity index (χ0n) is 13.3. The van der Waals surface area contributed by atoms with Crippen molar-refractivity contribution in [3.8, 4) is 5.75 Å². The number of hydrogen-bond donors (Lipinski definition) is 2. The molecule has 1 fully saturated rings. The molecule has 0 aromatic heterocycles. The van der Waals surface area contributed by atoms with Crippen LogP contribution in [0.25, 0.3) is 0 Å². The Hall–Kier alpha value is -1.63. The van der Waals surface area contributed by atoms with E-state index < -0.39 is 0 Å². The first kappa shape index (κ1) is 16.7. The summed E-state index contributed by atoms with van der Waals surface area (Å²) in [6.45, 7) is 4.24. The number of rotatable bonds is 7. The quantitative estimate of drug-likeness (QED) is 0.755. The van der Waals surface area contributed by atoms with Crippen molar-refractivity contribution in [3.63, 3.8) is 0 Å². The minimum atomic E-state index is -0.138. The average Bonchev–Trinajstić information content (AvgIpc) is 2.53. The van der Waals surface area contributed by atoms with Crippen LogP contribution in [0.15, 0.2) is 24.3 Å². The summed E-state index contributed by atoms with van der Waals surface area (Å²) in [7, 11) is 3.71. The number of nitrogens with one attached hydrogen (secondary N) is 2. The number of hydrogen-bond acceptors (Lipinski definition) is 5. The van der Waals surface area contributed by atoms with Gasteiger partial charge in [-0.1, -0.05) is 18.2 Å². The zero-order valence-corrected chi connectivity index (χ0v) is 13.3. The van der Waals surface area contributed by atoms with Crippen molar-refractivity contribution >= 4 is 5.91 Å². The normalized spacial score (nSPS) is 18.9. The molecule has 1 aliphatic rings. The molecule has 1 aliphatic heterocycles. The third-order valence-electron chi connectivity index (χ3n) is 3.64. The molecule has 6 nitrogen and oxygen atoms in total. The summed E-state index contributed by atoms with van der Waals surface area (Å²) in [6.07, 6.45) is 0.220. The molecule has 0 aliphatic carbocycles. The van der Waals surface area contributed by atoms with Crippen LogP contribution >= 0.6 is 0 Å². The van der Waals surface area contributed by atoms with Gasteiger partial charge in [0, 0.05) is 38.8 Å². The van der Waals surface area contributed by atoms with Gasteiger partial charge in [0.05, 0.1) is 12.7 Å². The summed E-state index contributed by atoms with van der Waals surface area (Å²) in [5, 5.41) is 5.95. The number of ether oxygens (including phenoxy) is 2. The fourth-order valence-electron chi connectivity index (χ4n) is 2.36. The van der Waals surface area contributed by atoms with Gasteiger partial charge >= 0.3 is 0 Å². The third-order valence-corrected chi connectivity index (χ3v) is 3.64. The maximum Gasteiger partial charge on any atom is 0.257 e. The SMILES string of the molecule is CNC(=O)COc1ccccc1CNC[C@H]1CN(C)CCO1. The Labute approximate surface area is 131 Å². The number of benzene rings is 1. The molecular weight excluding hydrogens is 282 g/mol. The van der Waals surface area contributed by atoms with E-state index in [0.717, 1.165) is 37.6 Å². The van der Waals surface area contributed by atoms with Crippen molar-refractivity contribution in [2.75, 3.05) is 46.9 Å². The molecule has 6 heteroatoms. The lowest BCUT2D eigenvalue weighted by atomic mass is 10.2. The van der Waals surface area contributed by atoms with E-state index in [1.807, 2.05) is 24.3 Å². The maximum atomic E-state index is 11.3. The molecule has 1 saturated heterocycles. The van der Waals surface area contributed by atoms with Gasteiger partial charge in [-0.25, -0.2) is 0 Å². The first-order chi connectivity index (χ1) is 10.7. The summed E-state index contributed by atoms with van der Waals surface area (Å²) >= 11 is 0. The lowest BCUT2D eigenvalue weighted by molar-refractivity contribution is -0.122. The smallest absolute Gasteiger partial charge is 0.257 e. The fraction of sp³-hybridized carbons (Fsp3) is 0.562. The Morgan fingerprint density at radius 2 is 2.27 bits per heavy atom. The molecule has 1 heterocycles. The summed E-state index contributed by atoms with van der Waals surface area (Å²) in [5.74, 6) is 0.599. The number of nitrogens with zero attached hydrogens (tertiary/aromatic N) is 1. The predicted molar refractivity (Wildman–Crippen MR) is 84.9 cm³/mol. The molecule has 0 unspecified atom stereocenters. The highest BCUT2D eigenvalue weighted by Gasteiger charge is 2.17. The van der Waals surface area contributed by atoms with Crippen molar-refractivity contribution in [3.05, 3.63) is 29.8 Å². The van der Waals surface area contributed by atoms with E-state index in [1.54, 1.807) is 7.05 Å². The van der Waals surface area contributed by atoms with Gasteiger partial charge < -0.3 is 25.0 Å². The highest BCUT2D eigenvalue weighted by atomic mass is 16.5. The molecule has 1 amide bonds. The van der Waals surface area contributed by atoms with Crippen molar-refractivity contribution in [1.29, 1.82) is 0 Å². The second kappa shape index (κ2) is 8.73. The molecule has 122 valence electrons. The molecule has 0 saturated carbocycles. The van der Waals surface area contributed by atoms with Crippen LogP contribution in [0.2, 0.25) is 0 Å². The third kappa shape index (κ3) is 5.29. The molecule has 1 aromatic carbocycles. The van der Waals surface area contributed by atoms with E-state index in [4.69, 9.17) is 9.47 Å². The van der Waals surface area contributed by atoms with Crippen molar-refractivity contribution in [1.82, 2.24) is 15.5 Å². The minimum absolute atomic E-state index is 0.0318. The standard InChI is InChI=1S/C16H25N3O3/c1-17-16(20)12-22-15-6-4-3-5-13(15)9-18-10-14-11-19(2)7-8-21-14/h3-6,14,18H,7-12H2,1-2H3,(H,17,20)/t14-/m0/s1. The van der Waals surface area contributed by atoms with Crippen LogP contribution in [0.4, 0.5) is 0 Å². The van der Waals surface area contributed by atoms with E-state index in [9.17, 15) is 4.79 Å². The summed E-state index contributed by atoms with van der Waals surface area (Å²) < 4.78 is 11.3. The van der Waals surface area contributed by atoms with Gasteiger partial charge in [-0.2, -0.15) is 0 Å². The first-order valence-electron chi connectivity index (χ1n) is 7.61. The molecule has 0 spiro atoms. The molecule has 1 atom stereocenters. The van der Waals surface area contributed by atoms with Gasteiger partial charge in [-0.15, -0.1) is 0 Å². The molecule has 22 heavy (non-hydrogen) atoms. The summed E-state index contributed by atoms with van der Waals surface area (Å²) in [6, 6.07) is 7.75. The molecule has 0 radical (unpaired) electrons. The van der Waals surface area contributed by atoms with Crippen LogP contribution < -0.4 is 15.4 Å². The van der Waals surface area contributed by atoms with E-state index >= 15 is 0 Å². The lowest BCUT2D eigenvalue weighted by Gasteiger charge is -2.30. The van der Waals surface area contributed by atoms with E-state index in [-0.39, 0.29) is 18.6 Å². The number of para-hydroxylation sites is 1. The predicted octanol–water partition coefficient (Wildman–Crippen LogP) is 0.232. The van der Waals surface area contributed by atoms with Gasteiger partial charge in [0.2, 0.25) is 0 Å². The van der Waals surface area contributed by atoms with Crippen LogP contribution in [-0.2, 0) is 16.1 Å². The largest absolute Gasteiger partial charge is 0.483 e. The molecular formula is C16H25N3O3. The van der Waals surface area contributed by atoms with Crippen LogP contribution in [0.1, 0.15) is 5.56 Å². The second-order valence-electron chi connectivity index (χ2n) is 5.46. The lowest BCUT2D eigenvalue weighted by Crippen LogP contribution is -2.44. The van der Waals surface area contributed by atoms with Gasteiger partial charge in [0.15, 0.2) is 6.61 Å². The number of carbonyl (C=O) groups excluding carboxylic acids is 1. The molecule has 2 rings (SSSR count). The van der Waals surface area contributed by atoms with Crippen LogP contribution in [0.3, 0.4) is 0 Å². The van der Waals surface area contributed by atoms with E-state index in [0.29, 0.717) is 6.54 Å². The Bertz CT molecular complexity index is 481. The molecule has 2 N–H and O–H groups in total. The Morgan fingerprint density at radius 3 is 3.05 bits per heavy atom. The maximum absolute atomic E-state index is 11.3. The second-order valence-corrected chi connectivity index (χ2v) is 5.46.